The Labute approximate surface area is 132 Å². The molecule has 0 amide bonds. The Kier molecular flexibility index (Phi) is 3.93. The van der Waals surface area contributed by atoms with Gasteiger partial charge in [0.05, 0.1) is 21.7 Å². The van der Waals surface area contributed by atoms with Crippen LogP contribution >= 0.6 is 34.8 Å². The zero-order valence-corrected chi connectivity index (χ0v) is 12.7. The topological polar surface area (TPSA) is 13.1 Å². The van der Waals surface area contributed by atoms with Crippen molar-refractivity contribution in [3.05, 3.63) is 69.9 Å². The Bertz CT molecular complexity index is 748. The standard InChI is InChI=1S/C16H11Cl3O/c17-13-6-5-10(8-15(13)19)7-14(18)12-9-20-16-4-2-1-3-11(12)16/h1-6,8-9,14H,7H2. The molecule has 3 aromatic rings. The molecule has 0 N–H and O–H groups in total. The number of hydrogen-bond acceptors (Lipinski definition) is 1. The molecular formula is C16H11Cl3O. The lowest BCUT2D eigenvalue weighted by Crippen LogP contribution is -1.95. The maximum atomic E-state index is 6.52. The SMILES string of the molecule is Clc1ccc(CC(Cl)c2coc3ccccc23)cc1Cl. The van der Waals surface area contributed by atoms with Crippen molar-refractivity contribution in [2.75, 3.05) is 0 Å². The number of rotatable bonds is 3. The molecule has 0 aliphatic rings. The number of benzene rings is 2. The van der Waals surface area contributed by atoms with E-state index >= 15 is 0 Å². The number of hydrogen-bond donors (Lipinski definition) is 0. The van der Waals surface area contributed by atoms with Gasteiger partial charge in [-0.2, -0.15) is 0 Å². The van der Waals surface area contributed by atoms with E-state index in [2.05, 4.69) is 0 Å². The maximum absolute atomic E-state index is 6.52. The average molecular weight is 326 g/mol. The monoisotopic (exact) mass is 324 g/mol. The van der Waals surface area contributed by atoms with Gasteiger partial charge in [-0.3, -0.25) is 0 Å². The summed E-state index contributed by atoms with van der Waals surface area (Å²) in [7, 11) is 0. The fraction of sp³-hybridized carbons (Fsp3) is 0.125. The molecule has 0 aliphatic heterocycles. The summed E-state index contributed by atoms with van der Waals surface area (Å²) in [5.74, 6) is 0. The van der Waals surface area contributed by atoms with Crippen LogP contribution in [-0.4, -0.2) is 0 Å². The number of alkyl halides is 1. The van der Waals surface area contributed by atoms with E-state index in [9.17, 15) is 0 Å². The molecule has 0 bridgehead atoms. The summed E-state index contributed by atoms with van der Waals surface area (Å²) >= 11 is 18.5. The van der Waals surface area contributed by atoms with Gasteiger partial charge < -0.3 is 4.42 Å². The van der Waals surface area contributed by atoms with Crippen LogP contribution in [0, 0.1) is 0 Å². The fourth-order valence-electron chi connectivity index (χ4n) is 2.22. The fourth-order valence-corrected chi connectivity index (χ4v) is 2.89. The molecule has 4 heteroatoms. The van der Waals surface area contributed by atoms with Gasteiger partial charge in [0.1, 0.15) is 5.58 Å². The normalized spacial score (nSPS) is 12.8. The van der Waals surface area contributed by atoms with Gasteiger partial charge in [0.15, 0.2) is 0 Å². The van der Waals surface area contributed by atoms with Crippen molar-refractivity contribution in [1.82, 2.24) is 0 Å². The van der Waals surface area contributed by atoms with Crippen LogP contribution in [0.5, 0.6) is 0 Å². The van der Waals surface area contributed by atoms with Crippen LogP contribution in [0.1, 0.15) is 16.5 Å². The Morgan fingerprint density at radius 2 is 1.80 bits per heavy atom. The second kappa shape index (κ2) is 5.69. The van der Waals surface area contributed by atoms with Gasteiger partial charge >= 0.3 is 0 Å². The molecule has 0 fully saturated rings. The first-order valence-electron chi connectivity index (χ1n) is 6.19. The van der Waals surface area contributed by atoms with Crippen LogP contribution in [0.4, 0.5) is 0 Å². The molecule has 3 rings (SSSR count). The molecule has 20 heavy (non-hydrogen) atoms. The third-order valence-electron chi connectivity index (χ3n) is 3.25. The second-order valence-electron chi connectivity index (χ2n) is 4.61. The van der Waals surface area contributed by atoms with E-state index in [0.717, 1.165) is 22.1 Å². The summed E-state index contributed by atoms with van der Waals surface area (Å²) < 4.78 is 5.52. The number of furan rings is 1. The third-order valence-corrected chi connectivity index (χ3v) is 4.38. The van der Waals surface area contributed by atoms with E-state index in [1.165, 1.54) is 0 Å². The molecular weight excluding hydrogens is 315 g/mol. The summed E-state index contributed by atoms with van der Waals surface area (Å²) in [6, 6.07) is 13.4. The first kappa shape index (κ1) is 13.8. The van der Waals surface area contributed by atoms with Gasteiger partial charge in [-0.25, -0.2) is 0 Å². The van der Waals surface area contributed by atoms with Crippen molar-refractivity contribution in [1.29, 1.82) is 0 Å². The van der Waals surface area contributed by atoms with Crippen LogP contribution in [-0.2, 0) is 6.42 Å². The molecule has 1 aromatic heterocycles. The van der Waals surface area contributed by atoms with Crippen molar-refractivity contribution in [3.8, 4) is 0 Å². The number of para-hydroxylation sites is 1. The van der Waals surface area contributed by atoms with E-state index < -0.39 is 0 Å². The average Bonchev–Trinajstić information content (AvgIpc) is 2.87. The number of halogens is 3. The molecule has 1 heterocycles. The van der Waals surface area contributed by atoms with Crippen LogP contribution in [0.25, 0.3) is 11.0 Å². The minimum Gasteiger partial charge on any atom is -0.464 e. The van der Waals surface area contributed by atoms with Gasteiger partial charge in [0.2, 0.25) is 0 Å². The molecule has 0 spiro atoms. The van der Waals surface area contributed by atoms with Crippen LogP contribution in [0.2, 0.25) is 10.0 Å². The van der Waals surface area contributed by atoms with Gasteiger partial charge in [-0.15, -0.1) is 11.6 Å². The first-order valence-corrected chi connectivity index (χ1v) is 7.38. The molecule has 2 aromatic carbocycles. The van der Waals surface area contributed by atoms with E-state index in [-0.39, 0.29) is 5.38 Å². The molecule has 0 aliphatic carbocycles. The minimum atomic E-state index is -0.170. The highest BCUT2D eigenvalue weighted by Gasteiger charge is 2.15. The zero-order chi connectivity index (χ0) is 14.1. The second-order valence-corrected chi connectivity index (χ2v) is 5.95. The highest BCUT2D eigenvalue weighted by Crippen LogP contribution is 2.33. The van der Waals surface area contributed by atoms with Gasteiger partial charge in [-0.1, -0.05) is 47.5 Å². The number of fused-ring (bicyclic) bond motifs is 1. The highest BCUT2D eigenvalue weighted by atomic mass is 35.5. The van der Waals surface area contributed by atoms with E-state index in [4.69, 9.17) is 39.2 Å². The highest BCUT2D eigenvalue weighted by molar-refractivity contribution is 6.42. The van der Waals surface area contributed by atoms with Crippen molar-refractivity contribution < 1.29 is 4.42 Å². The van der Waals surface area contributed by atoms with Crippen LogP contribution in [0.15, 0.2) is 53.1 Å². The lowest BCUT2D eigenvalue weighted by molar-refractivity contribution is 0.609. The zero-order valence-electron chi connectivity index (χ0n) is 10.4. The summed E-state index contributed by atoms with van der Waals surface area (Å²) in [5.41, 5.74) is 2.89. The Morgan fingerprint density at radius 1 is 1.00 bits per heavy atom. The predicted octanol–water partition coefficient (Wildman–Crippen LogP) is 6.26. The molecule has 1 nitrogen and oxygen atoms in total. The van der Waals surface area contributed by atoms with Crippen molar-refractivity contribution >= 4 is 45.8 Å². The van der Waals surface area contributed by atoms with E-state index in [1.807, 2.05) is 36.4 Å². The molecule has 1 atom stereocenters. The van der Waals surface area contributed by atoms with Gasteiger partial charge in [-0.05, 0) is 30.2 Å². The molecule has 102 valence electrons. The van der Waals surface area contributed by atoms with Crippen molar-refractivity contribution in [2.45, 2.75) is 11.8 Å². The Morgan fingerprint density at radius 3 is 2.60 bits per heavy atom. The van der Waals surface area contributed by atoms with Crippen LogP contribution < -0.4 is 0 Å². The largest absolute Gasteiger partial charge is 0.464 e. The Balaban J connectivity index is 1.89. The van der Waals surface area contributed by atoms with Crippen molar-refractivity contribution in [3.63, 3.8) is 0 Å². The van der Waals surface area contributed by atoms with Gasteiger partial charge in [0, 0.05) is 10.9 Å². The lowest BCUT2D eigenvalue weighted by Gasteiger charge is -2.09. The third kappa shape index (κ3) is 2.67. The summed E-state index contributed by atoms with van der Waals surface area (Å²) in [6.45, 7) is 0. The van der Waals surface area contributed by atoms with E-state index in [0.29, 0.717) is 16.5 Å². The molecule has 0 radical (unpaired) electrons. The maximum Gasteiger partial charge on any atom is 0.134 e. The molecule has 1 unspecified atom stereocenters. The minimum absolute atomic E-state index is 0.170. The molecule has 0 saturated heterocycles. The lowest BCUT2D eigenvalue weighted by atomic mass is 10.0. The predicted molar refractivity (Wildman–Crippen MR) is 85.0 cm³/mol. The summed E-state index contributed by atoms with van der Waals surface area (Å²) in [5, 5.41) is 1.98. The van der Waals surface area contributed by atoms with Crippen LogP contribution in [0.3, 0.4) is 0 Å². The Hall–Kier alpha value is -1.15. The quantitative estimate of drug-likeness (QED) is 0.518. The summed E-state index contributed by atoms with van der Waals surface area (Å²) in [4.78, 5) is 0. The smallest absolute Gasteiger partial charge is 0.134 e. The first-order chi connectivity index (χ1) is 9.65. The van der Waals surface area contributed by atoms with Gasteiger partial charge in [0.25, 0.3) is 0 Å². The van der Waals surface area contributed by atoms with Crippen molar-refractivity contribution in [2.24, 2.45) is 0 Å². The molecule has 0 saturated carbocycles. The summed E-state index contributed by atoms with van der Waals surface area (Å²) in [6.07, 6.45) is 2.39. The van der Waals surface area contributed by atoms with E-state index in [1.54, 1.807) is 12.3 Å².